The fourth-order valence-electron chi connectivity index (χ4n) is 3.61. The van der Waals surface area contributed by atoms with E-state index in [4.69, 9.17) is 0 Å². The van der Waals surface area contributed by atoms with Crippen molar-refractivity contribution >= 4 is 12.3 Å². The molecule has 9 heteroatoms. The standard InChI is InChI=1S/C23H21F3N4O2/c1-14-4-2-3-5-18(14)21(32)30(13-31)12-15-8-19(16-6-7-16)29-20(9-15)17-10-27-22(28-11-17)23(24,25)26/h4-5,8-11,13,16H,2-3,6-7,12H2,1H3. The summed E-state index contributed by atoms with van der Waals surface area (Å²) < 4.78 is 38.4. The molecule has 0 bridgehead atoms. The summed E-state index contributed by atoms with van der Waals surface area (Å²) in [6.45, 7) is 1.87. The van der Waals surface area contributed by atoms with Crippen molar-refractivity contribution in [3.05, 3.63) is 64.9 Å². The van der Waals surface area contributed by atoms with Gasteiger partial charge in [0.05, 0.1) is 12.2 Å². The molecule has 0 spiro atoms. The van der Waals surface area contributed by atoms with E-state index < -0.39 is 12.0 Å². The second-order valence-electron chi connectivity index (χ2n) is 7.97. The maximum atomic E-state index is 12.9. The first-order chi connectivity index (χ1) is 15.3. The number of pyridine rings is 1. The van der Waals surface area contributed by atoms with Gasteiger partial charge in [-0.2, -0.15) is 13.2 Å². The first-order valence-electron chi connectivity index (χ1n) is 10.3. The van der Waals surface area contributed by atoms with Gasteiger partial charge in [0.15, 0.2) is 0 Å². The highest BCUT2D eigenvalue weighted by molar-refractivity contribution is 6.02. The monoisotopic (exact) mass is 442 g/mol. The Kier molecular flexibility index (Phi) is 5.90. The van der Waals surface area contributed by atoms with Crippen LogP contribution in [-0.2, 0) is 22.3 Å². The van der Waals surface area contributed by atoms with E-state index in [0.717, 1.165) is 54.2 Å². The van der Waals surface area contributed by atoms with Gasteiger partial charge in [0.1, 0.15) is 0 Å². The molecule has 32 heavy (non-hydrogen) atoms. The number of carbonyl (C=O) groups is 2. The summed E-state index contributed by atoms with van der Waals surface area (Å²) >= 11 is 0. The molecule has 0 aliphatic heterocycles. The van der Waals surface area contributed by atoms with Crippen molar-refractivity contribution in [2.24, 2.45) is 0 Å². The van der Waals surface area contributed by atoms with Crippen LogP contribution in [0.25, 0.3) is 11.3 Å². The Balaban J connectivity index is 1.63. The summed E-state index contributed by atoms with van der Waals surface area (Å²) in [6.07, 6.45) is 5.38. The van der Waals surface area contributed by atoms with Crippen LogP contribution in [-0.4, -0.2) is 32.2 Å². The van der Waals surface area contributed by atoms with Gasteiger partial charge >= 0.3 is 6.18 Å². The molecular weight excluding hydrogens is 421 g/mol. The number of halogens is 3. The second-order valence-corrected chi connectivity index (χ2v) is 7.97. The van der Waals surface area contributed by atoms with Crippen molar-refractivity contribution < 1.29 is 22.8 Å². The lowest BCUT2D eigenvalue weighted by atomic mass is 9.98. The zero-order chi connectivity index (χ0) is 22.9. The number of allylic oxidation sites excluding steroid dienone is 2. The van der Waals surface area contributed by atoms with Crippen molar-refractivity contribution in [3.63, 3.8) is 0 Å². The van der Waals surface area contributed by atoms with Crippen LogP contribution in [0.1, 0.15) is 55.6 Å². The molecule has 4 rings (SSSR count). The number of hydrogen-bond donors (Lipinski definition) is 0. The third-order valence-electron chi connectivity index (χ3n) is 5.46. The molecule has 6 nitrogen and oxygen atoms in total. The van der Waals surface area contributed by atoms with E-state index in [-0.39, 0.29) is 18.4 Å². The number of imide groups is 1. The van der Waals surface area contributed by atoms with Gasteiger partial charge in [-0.1, -0.05) is 12.2 Å². The molecule has 0 unspecified atom stereocenters. The van der Waals surface area contributed by atoms with Gasteiger partial charge < -0.3 is 0 Å². The number of rotatable bonds is 6. The zero-order valence-corrected chi connectivity index (χ0v) is 17.4. The van der Waals surface area contributed by atoms with Gasteiger partial charge in [-0.05, 0) is 55.9 Å². The van der Waals surface area contributed by atoms with Crippen LogP contribution in [0.15, 0.2) is 47.8 Å². The molecule has 2 aliphatic rings. The first-order valence-corrected chi connectivity index (χ1v) is 10.3. The highest BCUT2D eigenvalue weighted by Gasteiger charge is 2.34. The molecule has 2 aromatic rings. The molecular formula is C23H21F3N4O2. The van der Waals surface area contributed by atoms with Gasteiger partial charge in [-0.15, -0.1) is 0 Å². The molecule has 0 N–H and O–H groups in total. The Morgan fingerprint density at radius 2 is 1.84 bits per heavy atom. The van der Waals surface area contributed by atoms with Crippen LogP contribution < -0.4 is 0 Å². The van der Waals surface area contributed by atoms with E-state index in [0.29, 0.717) is 28.8 Å². The fraction of sp³-hybridized carbons (Fsp3) is 0.348. The lowest BCUT2D eigenvalue weighted by Crippen LogP contribution is -2.31. The smallest absolute Gasteiger partial charge is 0.278 e. The van der Waals surface area contributed by atoms with Crippen molar-refractivity contribution in [2.75, 3.05) is 0 Å². The highest BCUT2D eigenvalue weighted by atomic mass is 19.4. The predicted molar refractivity (Wildman–Crippen MR) is 110 cm³/mol. The average Bonchev–Trinajstić information content (AvgIpc) is 3.62. The number of carbonyl (C=O) groups excluding carboxylic acids is 2. The largest absolute Gasteiger partial charge is 0.451 e. The molecule has 0 aromatic carbocycles. The Bertz CT molecular complexity index is 1100. The van der Waals surface area contributed by atoms with Crippen LogP contribution in [0.5, 0.6) is 0 Å². The molecule has 0 radical (unpaired) electrons. The minimum absolute atomic E-state index is 0.0314. The first kappa shape index (κ1) is 21.9. The van der Waals surface area contributed by atoms with E-state index in [2.05, 4.69) is 15.0 Å². The van der Waals surface area contributed by atoms with Crippen molar-refractivity contribution in [3.8, 4) is 11.3 Å². The van der Waals surface area contributed by atoms with E-state index >= 15 is 0 Å². The van der Waals surface area contributed by atoms with Crippen LogP contribution in [0.2, 0.25) is 0 Å². The quantitative estimate of drug-likeness (QED) is 0.612. The van der Waals surface area contributed by atoms with E-state index in [1.54, 1.807) is 6.07 Å². The molecule has 166 valence electrons. The molecule has 0 saturated heterocycles. The van der Waals surface area contributed by atoms with Crippen molar-refractivity contribution in [2.45, 2.75) is 51.2 Å². The molecule has 2 aromatic heterocycles. The summed E-state index contributed by atoms with van der Waals surface area (Å²) in [4.78, 5) is 37.1. The number of aromatic nitrogens is 3. The Morgan fingerprint density at radius 1 is 1.16 bits per heavy atom. The van der Waals surface area contributed by atoms with E-state index in [1.165, 1.54) is 0 Å². The Hall–Kier alpha value is -3.36. The van der Waals surface area contributed by atoms with E-state index in [9.17, 15) is 22.8 Å². The number of hydrogen-bond acceptors (Lipinski definition) is 5. The van der Waals surface area contributed by atoms with E-state index in [1.807, 2.05) is 25.1 Å². The molecule has 2 amide bonds. The van der Waals surface area contributed by atoms with Gasteiger partial charge in [0, 0.05) is 35.1 Å². The summed E-state index contributed by atoms with van der Waals surface area (Å²) in [5.74, 6) is -1.34. The van der Waals surface area contributed by atoms with Gasteiger partial charge in [-0.25, -0.2) is 9.97 Å². The Labute approximate surface area is 182 Å². The lowest BCUT2D eigenvalue weighted by Gasteiger charge is -2.20. The van der Waals surface area contributed by atoms with Gasteiger partial charge in [-0.3, -0.25) is 19.5 Å². The number of alkyl halides is 3. The topological polar surface area (TPSA) is 76.1 Å². The molecule has 1 saturated carbocycles. The third-order valence-corrected chi connectivity index (χ3v) is 5.46. The van der Waals surface area contributed by atoms with Gasteiger partial charge in [0.2, 0.25) is 12.2 Å². The van der Waals surface area contributed by atoms with Crippen LogP contribution in [0.4, 0.5) is 13.2 Å². The second kappa shape index (κ2) is 8.64. The zero-order valence-electron chi connectivity index (χ0n) is 17.4. The minimum atomic E-state index is -4.63. The predicted octanol–water partition coefficient (Wildman–Crippen LogP) is 4.59. The average molecular weight is 442 g/mol. The third kappa shape index (κ3) is 4.76. The minimum Gasteiger partial charge on any atom is -0.278 e. The molecule has 0 atom stereocenters. The van der Waals surface area contributed by atoms with Crippen molar-refractivity contribution in [1.29, 1.82) is 0 Å². The molecule has 2 heterocycles. The lowest BCUT2D eigenvalue weighted by molar-refractivity contribution is -0.145. The summed E-state index contributed by atoms with van der Waals surface area (Å²) in [5, 5.41) is 0. The number of nitrogens with zero attached hydrogens (tertiary/aromatic N) is 4. The summed E-state index contributed by atoms with van der Waals surface area (Å²) in [7, 11) is 0. The maximum absolute atomic E-state index is 12.9. The maximum Gasteiger partial charge on any atom is 0.451 e. The van der Waals surface area contributed by atoms with Crippen LogP contribution in [0, 0.1) is 0 Å². The normalized spacial score (nSPS) is 16.2. The fourth-order valence-corrected chi connectivity index (χ4v) is 3.61. The molecule has 2 aliphatic carbocycles. The van der Waals surface area contributed by atoms with Crippen LogP contribution >= 0.6 is 0 Å². The number of amides is 2. The summed E-state index contributed by atoms with van der Waals surface area (Å²) in [5.41, 5.74) is 3.53. The Morgan fingerprint density at radius 3 is 2.44 bits per heavy atom. The molecule has 1 fully saturated rings. The SMILES string of the molecule is CC1=CCCC=C1C(=O)N(C=O)Cc1cc(-c2cnc(C(F)(F)F)nc2)nc(C2CC2)c1. The van der Waals surface area contributed by atoms with Crippen LogP contribution in [0.3, 0.4) is 0 Å². The van der Waals surface area contributed by atoms with Gasteiger partial charge in [0.25, 0.3) is 5.91 Å². The summed E-state index contributed by atoms with van der Waals surface area (Å²) in [6, 6.07) is 3.49. The highest BCUT2D eigenvalue weighted by Crippen LogP contribution is 2.40. The van der Waals surface area contributed by atoms with Crippen molar-refractivity contribution in [1.82, 2.24) is 19.9 Å².